The molecule has 0 aliphatic rings. The summed E-state index contributed by atoms with van der Waals surface area (Å²) in [7, 11) is 1.58. The maximum absolute atomic E-state index is 12.0. The first kappa shape index (κ1) is 30.7. The van der Waals surface area contributed by atoms with Gasteiger partial charge in [0.2, 0.25) is 17.8 Å². The highest BCUT2D eigenvalue weighted by Crippen LogP contribution is 2.20. The van der Waals surface area contributed by atoms with Crippen LogP contribution in [0.3, 0.4) is 0 Å². The first-order valence-corrected chi connectivity index (χ1v) is 13.6. The van der Waals surface area contributed by atoms with Crippen LogP contribution in [0.25, 0.3) is 0 Å². The molecule has 1 aromatic heterocycles. The molecule has 43 heavy (non-hydrogen) atoms. The smallest absolute Gasteiger partial charge is 0.251 e. The summed E-state index contributed by atoms with van der Waals surface area (Å²) in [5.74, 6) is 0.700. The second kappa shape index (κ2) is 16.2. The first-order chi connectivity index (χ1) is 21.0. The SMILES string of the molecule is CNC(=O)c1ccc(Nc2nc(NCCOCCOCCNC(=O)c3ccccc3)nc(Nc3ccc(O)cc3)n2)cc1. The molecule has 0 aliphatic carbocycles. The Morgan fingerprint density at radius 2 is 1.19 bits per heavy atom. The van der Waals surface area contributed by atoms with Crippen LogP contribution in [0.15, 0.2) is 78.9 Å². The Morgan fingerprint density at radius 1 is 0.651 bits per heavy atom. The van der Waals surface area contributed by atoms with Gasteiger partial charge in [-0.05, 0) is 60.7 Å². The van der Waals surface area contributed by atoms with E-state index in [0.29, 0.717) is 68.0 Å². The van der Waals surface area contributed by atoms with Gasteiger partial charge in [0.05, 0.1) is 26.4 Å². The second-order valence-electron chi connectivity index (χ2n) is 9.03. The standard InChI is InChI=1S/C30H34N8O5/c1-31-26(40)22-7-9-23(10-8-22)34-29-36-28(37-30(38-29)35-24-11-13-25(39)14-12-24)33-16-18-43-20-19-42-17-15-32-27(41)21-5-3-2-4-6-21/h2-14,39H,15-20H2,1H3,(H,31,40)(H,32,41)(H3,33,34,35,36,37,38). The zero-order chi connectivity index (χ0) is 30.3. The van der Waals surface area contributed by atoms with Crippen LogP contribution in [0.5, 0.6) is 5.75 Å². The Kier molecular flexibility index (Phi) is 11.6. The van der Waals surface area contributed by atoms with Gasteiger partial charge in [-0.1, -0.05) is 18.2 Å². The van der Waals surface area contributed by atoms with Crippen molar-refractivity contribution in [3.63, 3.8) is 0 Å². The summed E-state index contributed by atoms with van der Waals surface area (Å²) in [5, 5.41) is 24.3. The summed E-state index contributed by atoms with van der Waals surface area (Å²) in [6.45, 7) is 2.37. The first-order valence-electron chi connectivity index (χ1n) is 13.6. The highest BCUT2D eigenvalue weighted by Gasteiger charge is 2.09. The number of hydrogen-bond acceptors (Lipinski definition) is 11. The van der Waals surface area contributed by atoms with Crippen molar-refractivity contribution in [2.75, 3.05) is 62.5 Å². The molecule has 13 heteroatoms. The number of phenolic OH excluding ortho intramolecular Hbond substituents is 1. The highest BCUT2D eigenvalue weighted by molar-refractivity contribution is 5.94. The van der Waals surface area contributed by atoms with E-state index < -0.39 is 0 Å². The Morgan fingerprint density at radius 3 is 1.79 bits per heavy atom. The molecule has 1 heterocycles. The number of nitrogens with one attached hydrogen (secondary N) is 5. The van der Waals surface area contributed by atoms with E-state index in [0.717, 1.165) is 0 Å². The fraction of sp³-hybridized carbons (Fsp3) is 0.233. The number of anilines is 5. The molecule has 224 valence electrons. The number of rotatable bonds is 16. The van der Waals surface area contributed by atoms with E-state index in [-0.39, 0.29) is 29.5 Å². The number of carbonyl (C=O) groups is 2. The molecule has 0 saturated carbocycles. The minimum atomic E-state index is -0.181. The van der Waals surface area contributed by atoms with Crippen LogP contribution in [0, 0.1) is 0 Å². The molecule has 0 radical (unpaired) electrons. The van der Waals surface area contributed by atoms with E-state index in [9.17, 15) is 14.7 Å². The Hall–Kier alpha value is -5.27. The average Bonchev–Trinajstić information content (AvgIpc) is 3.03. The third-order valence-corrected chi connectivity index (χ3v) is 5.86. The molecule has 6 N–H and O–H groups in total. The number of hydrogen-bond donors (Lipinski definition) is 6. The van der Waals surface area contributed by atoms with Crippen LogP contribution in [0.2, 0.25) is 0 Å². The van der Waals surface area contributed by atoms with Crippen molar-refractivity contribution in [1.82, 2.24) is 25.6 Å². The molecular formula is C30H34N8O5. The van der Waals surface area contributed by atoms with E-state index in [2.05, 4.69) is 41.5 Å². The summed E-state index contributed by atoms with van der Waals surface area (Å²) >= 11 is 0. The fourth-order valence-electron chi connectivity index (χ4n) is 3.70. The summed E-state index contributed by atoms with van der Waals surface area (Å²) < 4.78 is 11.1. The van der Waals surface area contributed by atoms with Gasteiger partial charge in [-0.15, -0.1) is 0 Å². The molecule has 0 spiro atoms. The van der Waals surface area contributed by atoms with Crippen LogP contribution < -0.4 is 26.6 Å². The predicted molar refractivity (Wildman–Crippen MR) is 163 cm³/mol. The summed E-state index contributed by atoms with van der Waals surface area (Å²) in [6, 6.07) is 22.4. The fourth-order valence-corrected chi connectivity index (χ4v) is 3.70. The van der Waals surface area contributed by atoms with Crippen molar-refractivity contribution in [2.24, 2.45) is 0 Å². The predicted octanol–water partition coefficient (Wildman–Crippen LogP) is 3.30. The third-order valence-electron chi connectivity index (χ3n) is 5.86. The number of carbonyl (C=O) groups excluding carboxylic acids is 2. The summed E-state index contributed by atoms with van der Waals surface area (Å²) in [6.07, 6.45) is 0. The van der Waals surface area contributed by atoms with Gasteiger partial charge in [0.1, 0.15) is 5.75 Å². The lowest BCUT2D eigenvalue weighted by Crippen LogP contribution is -2.27. The molecule has 0 saturated heterocycles. The van der Waals surface area contributed by atoms with Crippen molar-refractivity contribution in [1.29, 1.82) is 0 Å². The van der Waals surface area contributed by atoms with Gasteiger partial charge in [0.25, 0.3) is 11.8 Å². The van der Waals surface area contributed by atoms with Gasteiger partial charge >= 0.3 is 0 Å². The minimum absolute atomic E-state index is 0.136. The molecule has 0 unspecified atom stereocenters. The van der Waals surface area contributed by atoms with E-state index in [1.807, 2.05) is 18.2 Å². The molecule has 4 rings (SSSR count). The monoisotopic (exact) mass is 586 g/mol. The second-order valence-corrected chi connectivity index (χ2v) is 9.03. The van der Waals surface area contributed by atoms with Gasteiger partial charge in [-0.25, -0.2) is 0 Å². The van der Waals surface area contributed by atoms with Crippen molar-refractivity contribution in [3.8, 4) is 5.75 Å². The zero-order valence-corrected chi connectivity index (χ0v) is 23.7. The van der Waals surface area contributed by atoms with Crippen molar-refractivity contribution in [2.45, 2.75) is 0 Å². The lowest BCUT2D eigenvalue weighted by molar-refractivity contribution is 0.0519. The average molecular weight is 587 g/mol. The number of aromatic nitrogens is 3. The normalized spacial score (nSPS) is 10.5. The van der Waals surface area contributed by atoms with Crippen molar-refractivity contribution >= 4 is 41.0 Å². The van der Waals surface area contributed by atoms with Crippen molar-refractivity contribution in [3.05, 3.63) is 90.0 Å². The van der Waals surface area contributed by atoms with E-state index in [1.165, 1.54) is 0 Å². The van der Waals surface area contributed by atoms with E-state index in [1.54, 1.807) is 67.7 Å². The van der Waals surface area contributed by atoms with E-state index in [4.69, 9.17) is 9.47 Å². The topological polar surface area (TPSA) is 172 Å². The van der Waals surface area contributed by atoms with Crippen molar-refractivity contribution < 1.29 is 24.2 Å². The summed E-state index contributed by atoms with van der Waals surface area (Å²) in [4.78, 5) is 37.2. The lowest BCUT2D eigenvalue weighted by Gasteiger charge is -2.12. The van der Waals surface area contributed by atoms with Crippen LogP contribution in [0.1, 0.15) is 20.7 Å². The lowest BCUT2D eigenvalue weighted by atomic mass is 10.2. The maximum atomic E-state index is 12.0. The molecule has 0 aliphatic heterocycles. The molecular weight excluding hydrogens is 552 g/mol. The largest absolute Gasteiger partial charge is 0.508 e. The summed E-state index contributed by atoms with van der Waals surface area (Å²) in [5.41, 5.74) is 2.50. The minimum Gasteiger partial charge on any atom is -0.508 e. The van der Waals surface area contributed by atoms with Gasteiger partial charge in [-0.2, -0.15) is 15.0 Å². The molecule has 4 aromatic rings. The quantitative estimate of drug-likeness (QED) is 0.0840. The highest BCUT2D eigenvalue weighted by atomic mass is 16.5. The van der Waals surface area contributed by atoms with Gasteiger partial charge in [0, 0.05) is 42.6 Å². The molecule has 0 atom stereocenters. The van der Waals surface area contributed by atoms with Crippen LogP contribution in [-0.2, 0) is 9.47 Å². The number of phenols is 1. The number of amides is 2. The van der Waals surface area contributed by atoms with E-state index >= 15 is 0 Å². The van der Waals surface area contributed by atoms with Crippen LogP contribution in [0.4, 0.5) is 29.2 Å². The molecule has 13 nitrogen and oxygen atoms in total. The van der Waals surface area contributed by atoms with Gasteiger partial charge < -0.3 is 41.2 Å². The number of aromatic hydroxyl groups is 1. The number of ether oxygens (including phenoxy) is 2. The zero-order valence-electron chi connectivity index (χ0n) is 23.7. The Balaban J connectivity index is 1.23. The molecule has 0 fully saturated rings. The van der Waals surface area contributed by atoms with Gasteiger partial charge in [0.15, 0.2) is 0 Å². The van der Waals surface area contributed by atoms with Gasteiger partial charge in [-0.3, -0.25) is 9.59 Å². The maximum Gasteiger partial charge on any atom is 0.251 e. The Labute approximate surface area is 249 Å². The molecule has 0 bridgehead atoms. The van der Waals surface area contributed by atoms with Crippen LogP contribution >= 0.6 is 0 Å². The number of benzene rings is 3. The van der Waals surface area contributed by atoms with Crippen LogP contribution in [-0.4, -0.2) is 78.4 Å². The Bertz CT molecular complexity index is 1450. The molecule has 3 aromatic carbocycles. The molecule has 2 amide bonds. The third kappa shape index (κ3) is 10.3. The number of nitrogens with zero attached hydrogens (tertiary/aromatic N) is 3.